The molecule has 1 heterocycles. The first-order valence-corrected chi connectivity index (χ1v) is 13.9. The summed E-state index contributed by atoms with van der Waals surface area (Å²) in [6, 6.07) is 11.6. The molecule has 1 amide bonds. The standard InChI is InChI=1S/C25H27Cl2F3N2O5S/c1-3-19(14-31-38(36,37)25(28,29)30)32-22(15-7-9-17(26)10-8-15)20(16-5-4-6-18(27)11-16)12-24(2,23(32)35)13-21(33)34/h4-11,19-20,22,31H,3,12-14H2,1-2H3,(H,33,34)/t19-,20?,22+,24+/m0/s1. The number of hydrogen-bond donors (Lipinski definition) is 2. The Morgan fingerprint density at radius 1 is 1.16 bits per heavy atom. The van der Waals surface area contributed by atoms with Crippen molar-refractivity contribution in [3.8, 4) is 0 Å². The summed E-state index contributed by atoms with van der Waals surface area (Å²) in [4.78, 5) is 27.1. The van der Waals surface area contributed by atoms with E-state index in [2.05, 4.69) is 0 Å². The molecule has 3 rings (SSSR count). The van der Waals surface area contributed by atoms with Gasteiger partial charge in [0.15, 0.2) is 0 Å². The lowest BCUT2D eigenvalue weighted by Crippen LogP contribution is -2.58. The van der Waals surface area contributed by atoms with Crippen LogP contribution in [0, 0.1) is 5.41 Å². The van der Waals surface area contributed by atoms with Crippen molar-refractivity contribution in [3.05, 3.63) is 69.7 Å². The molecular weight excluding hydrogens is 568 g/mol. The van der Waals surface area contributed by atoms with Gasteiger partial charge >= 0.3 is 21.5 Å². The van der Waals surface area contributed by atoms with Crippen LogP contribution in [-0.2, 0) is 19.6 Å². The average molecular weight is 595 g/mol. The van der Waals surface area contributed by atoms with E-state index in [-0.39, 0.29) is 12.8 Å². The maximum Gasteiger partial charge on any atom is 0.511 e. The Hall–Kier alpha value is -2.34. The van der Waals surface area contributed by atoms with Crippen molar-refractivity contribution in [2.45, 2.75) is 56.6 Å². The molecular formula is C25H27Cl2F3N2O5S. The van der Waals surface area contributed by atoms with Gasteiger partial charge in [-0.15, -0.1) is 0 Å². The molecule has 2 aromatic rings. The van der Waals surface area contributed by atoms with Crippen LogP contribution in [0.25, 0.3) is 0 Å². The zero-order valence-corrected chi connectivity index (χ0v) is 22.8. The molecule has 4 atom stereocenters. The number of carboxylic acid groups (broad SMARTS) is 1. The fourth-order valence-corrected chi connectivity index (χ4v) is 5.91. The molecule has 0 bridgehead atoms. The second-order valence-electron chi connectivity index (χ2n) is 9.57. The van der Waals surface area contributed by atoms with E-state index in [1.807, 2.05) is 0 Å². The smallest absolute Gasteiger partial charge is 0.481 e. The van der Waals surface area contributed by atoms with Crippen molar-refractivity contribution in [1.29, 1.82) is 0 Å². The molecule has 1 aliphatic heterocycles. The summed E-state index contributed by atoms with van der Waals surface area (Å²) in [7, 11) is -5.68. The number of hydrogen-bond acceptors (Lipinski definition) is 4. The summed E-state index contributed by atoms with van der Waals surface area (Å²) in [6.07, 6.45) is -0.341. The number of carbonyl (C=O) groups excluding carboxylic acids is 1. The van der Waals surface area contributed by atoms with E-state index in [1.54, 1.807) is 60.2 Å². The minimum absolute atomic E-state index is 0.0849. The van der Waals surface area contributed by atoms with E-state index >= 15 is 0 Å². The number of likely N-dealkylation sites (tertiary alicyclic amines) is 1. The van der Waals surface area contributed by atoms with Gasteiger partial charge in [0.2, 0.25) is 5.91 Å². The lowest BCUT2D eigenvalue weighted by molar-refractivity contribution is -0.160. The molecule has 0 radical (unpaired) electrons. The van der Waals surface area contributed by atoms with Crippen molar-refractivity contribution < 1.29 is 36.3 Å². The van der Waals surface area contributed by atoms with Crippen molar-refractivity contribution in [3.63, 3.8) is 0 Å². The van der Waals surface area contributed by atoms with Gasteiger partial charge in [-0.2, -0.15) is 13.2 Å². The molecule has 2 aromatic carbocycles. The number of amides is 1. The number of sulfonamides is 1. The van der Waals surface area contributed by atoms with Crippen molar-refractivity contribution >= 4 is 45.1 Å². The molecule has 1 saturated heterocycles. The molecule has 1 unspecified atom stereocenters. The maximum atomic E-state index is 14.0. The Kier molecular flexibility index (Phi) is 9.07. The Morgan fingerprint density at radius 2 is 1.79 bits per heavy atom. The fourth-order valence-electron chi connectivity index (χ4n) is 5.01. The topological polar surface area (TPSA) is 104 Å². The molecule has 1 aliphatic rings. The van der Waals surface area contributed by atoms with E-state index < -0.39 is 63.8 Å². The van der Waals surface area contributed by atoms with Crippen molar-refractivity contribution in [1.82, 2.24) is 9.62 Å². The third-order valence-electron chi connectivity index (χ3n) is 6.81. The summed E-state index contributed by atoms with van der Waals surface area (Å²) < 4.78 is 64.3. The molecule has 0 aliphatic carbocycles. The molecule has 0 aromatic heterocycles. The molecule has 7 nitrogen and oxygen atoms in total. The number of halogens is 5. The van der Waals surface area contributed by atoms with E-state index in [9.17, 15) is 36.3 Å². The first kappa shape index (κ1) is 30.2. The van der Waals surface area contributed by atoms with E-state index in [0.29, 0.717) is 21.2 Å². The number of carbonyl (C=O) groups is 2. The number of nitrogens with one attached hydrogen (secondary N) is 1. The number of carboxylic acids is 1. The molecule has 0 saturated carbocycles. The van der Waals surface area contributed by atoms with Crippen LogP contribution in [0.1, 0.15) is 56.2 Å². The highest BCUT2D eigenvalue weighted by molar-refractivity contribution is 7.90. The molecule has 208 valence electrons. The van der Waals surface area contributed by atoms with E-state index in [4.69, 9.17) is 23.2 Å². The van der Waals surface area contributed by atoms with Gasteiger partial charge in [0.05, 0.1) is 17.9 Å². The lowest BCUT2D eigenvalue weighted by Gasteiger charge is -2.52. The number of alkyl halides is 3. The largest absolute Gasteiger partial charge is 0.511 e. The van der Waals surface area contributed by atoms with Crippen LogP contribution in [0.5, 0.6) is 0 Å². The molecule has 13 heteroatoms. The third-order valence-corrected chi connectivity index (χ3v) is 8.45. The monoisotopic (exact) mass is 594 g/mol. The second kappa shape index (κ2) is 11.4. The minimum atomic E-state index is -5.68. The SMILES string of the molecule is CC[C@@H](CNS(=O)(=O)C(F)(F)F)N1C(=O)[C@@](C)(CC(=O)O)CC(c2cccc(Cl)c2)[C@H]1c1ccc(Cl)cc1. The number of nitrogens with zero attached hydrogens (tertiary/aromatic N) is 1. The van der Waals surface area contributed by atoms with Crippen LogP contribution < -0.4 is 4.72 Å². The quantitative estimate of drug-likeness (QED) is 0.385. The van der Waals surface area contributed by atoms with Crippen LogP contribution in [0.15, 0.2) is 48.5 Å². The van der Waals surface area contributed by atoms with E-state index in [0.717, 1.165) is 0 Å². The maximum absolute atomic E-state index is 14.0. The molecule has 1 fully saturated rings. The van der Waals surface area contributed by atoms with Gasteiger partial charge < -0.3 is 10.0 Å². The lowest BCUT2D eigenvalue weighted by atomic mass is 9.67. The zero-order chi connectivity index (χ0) is 28.5. The molecule has 0 spiro atoms. The molecule has 2 N–H and O–H groups in total. The number of rotatable bonds is 9. The fraction of sp³-hybridized carbons (Fsp3) is 0.440. The predicted octanol–water partition coefficient (Wildman–Crippen LogP) is 5.75. The van der Waals surface area contributed by atoms with Crippen LogP contribution in [0.3, 0.4) is 0 Å². The summed E-state index contributed by atoms with van der Waals surface area (Å²) in [5.74, 6) is -2.34. The highest BCUT2D eigenvalue weighted by Gasteiger charge is 2.53. The van der Waals surface area contributed by atoms with Crippen LogP contribution in [0.2, 0.25) is 10.0 Å². The number of piperidine rings is 1. The van der Waals surface area contributed by atoms with Gasteiger partial charge in [-0.25, -0.2) is 13.1 Å². The Morgan fingerprint density at radius 3 is 2.32 bits per heavy atom. The van der Waals surface area contributed by atoms with Crippen molar-refractivity contribution in [2.24, 2.45) is 5.41 Å². The highest BCUT2D eigenvalue weighted by Crippen LogP contribution is 2.52. The van der Waals surface area contributed by atoms with Gasteiger partial charge in [-0.05, 0) is 48.2 Å². The third kappa shape index (κ3) is 6.44. The summed E-state index contributed by atoms with van der Waals surface area (Å²) >= 11 is 12.3. The summed E-state index contributed by atoms with van der Waals surface area (Å²) in [5, 5.41) is 10.4. The van der Waals surface area contributed by atoms with Gasteiger partial charge in [0.1, 0.15) is 0 Å². The second-order valence-corrected chi connectivity index (χ2v) is 12.2. The Labute approximate surface area is 229 Å². The minimum Gasteiger partial charge on any atom is -0.481 e. The van der Waals surface area contributed by atoms with Gasteiger partial charge in [-0.3, -0.25) is 9.59 Å². The van der Waals surface area contributed by atoms with Gasteiger partial charge in [-0.1, -0.05) is 61.3 Å². The summed E-state index contributed by atoms with van der Waals surface area (Å²) in [6.45, 7) is 2.38. The summed E-state index contributed by atoms with van der Waals surface area (Å²) in [5.41, 5.74) is -5.68. The first-order valence-electron chi connectivity index (χ1n) is 11.7. The van der Waals surface area contributed by atoms with Crippen LogP contribution in [-0.4, -0.2) is 48.4 Å². The Balaban J connectivity index is 2.20. The highest BCUT2D eigenvalue weighted by atomic mass is 35.5. The van der Waals surface area contributed by atoms with Gasteiger partial charge in [0, 0.05) is 28.5 Å². The van der Waals surface area contributed by atoms with E-state index in [1.165, 1.54) is 11.8 Å². The molecule has 38 heavy (non-hydrogen) atoms. The predicted molar refractivity (Wildman–Crippen MR) is 137 cm³/mol. The number of aliphatic carboxylic acids is 1. The number of benzene rings is 2. The van der Waals surface area contributed by atoms with Crippen LogP contribution >= 0.6 is 23.2 Å². The average Bonchev–Trinajstić information content (AvgIpc) is 2.81. The first-order chi connectivity index (χ1) is 17.6. The van der Waals surface area contributed by atoms with Gasteiger partial charge in [0.25, 0.3) is 0 Å². The normalized spacial score (nSPS) is 23.3. The van der Waals surface area contributed by atoms with Crippen molar-refractivity contribution in [2.75, 3.05) is 6.54 Å². The van der Waals surface area contributed by atoms with Crippen LogP contribution in [0.4, 0.5) is 13.2 Å². The zero-order valence-electron chi connectivity index (χ0n) is 20.5. The Bertz CT molecular complexity index is 1290.